The Labute approximate surface area is 315 Å². The van der Waals surface area contributed by atoms with Crippen molar-refractivity contribution >= 4 is 68.5 Å². The number of halogens is 3. The van der Waals surface area contributed by atoms with Crippen molar-refractivity contribution < 1.29 is 38.0 Å². The van der Waals surface area contributed by atoms with Gasteiger partial charge in [0.2, 0.25) is 0 Å². The number of rotatable bonds is 13. The third-order valence-electron chi connectivity index (χ3n) is 7.60. The van der Waals surface area contributed by atoms with Crippen molar-refractivity contribution in [3.05, 3.63) is 111 Å². The Hall–Kier alpha value is -4.30. The number of nitrogens with zero attached hydrogens (tertiary/aromatic N) is 2. The van der Waals surface area contributed by atoms with Crippen LogP contribution in [0.25, 0.3) is 6.08 Å². The number of aromatic nitrogens is 1. The lowest BCUT2D eigenvalue weighted by Crippen LogP contribution is -2.40. The third kappa shape index (κ3) is 8.44. The fourth-order valence-corrected chi connectivity index (χ4v) is 7.13. The smallest absolute Gasteiger partial charge is 0.343 e. The zero-order valence-corrected chi connectivity index (χ0v) is 32.1. The van der Waals surface area contributed by atoms with Crippen LogP contribution >= 0.6 is 50.5 Å². The normalized spacial score (nSPS) is 14.0. The molecule has 2 heterocycles. The Morgan fingerprint density at radius 2 is 1.75 bits per heavy atom. The molecule has 15 heteroatoms. The van der Waals surface area contributed by atoms with E-state index in [1.165, 1.54) is 18.8 Å². The molecule has 1 aliphatic rings. The number of benzene rings is 3. The van der Waals surface area contributed by atoms with Gasteiger partial charge in [0, 0.05) is 10.0 Å². The van der Waals surface area contributed by atoms with E-state index in [9.17, 15) is 14.4 Å². The zero-order valence-electron chi connectivity index (χ0n) is 28.2. The lowest BCUT2D eigenvalue weighted by molar-refractivity contribution is -0.143. The molecule has 0 fully saturated rings. The quantitative estimate of drug-likeness (QED) is 0.141. The molecule has 1 aliphatic heterocycles. The van der Waals surface area contributed by atoms with Gasteiger partial charge in [-0.2, -0.15) is 0 Å². The molecule has 5 rings (SSSR count). The number of ether oxygens (including phenoxy) is 6. The predicted octanol–water partition coefficient (Wildman–Crippen LogP) is 6.41. The highest BCUT2D eigenvalue weighted by molar-refractivity contribution is 9.10. The molecule has 11 nitrogen and oxygen atoms in total. The summed E-state index contributed by atoms with van der Waals surface area (Å²) < 4.78 is 36.0. The number of methoxy groups -OCH3 is 2. The molecular weight excluding hydrogens is 787 g/mol. The number of carbonyl (C=O) groups is 2. The van der Waals surface area contributed by atoms with Gasteiger partial charge in [0.05, 0.1) is 59.3 Å². The molecule has 51 heavy (non-hydrogen) atoms. The predicted molar refractivity (Wildman–Crippen MR) is 197 cm³/mol. The summed E-state index contributed by atoms with van der Waals surface area (Å²) in [6.07, 6.45) is 1.69. The van der Waals surface area contributed by atoms with E-state index in [1.54, 1.807) is 75.4 Å². The van der Waals surface area contributed by atoms with Gasteiger partial charge in [-0.15, -0.1) is 0 Å². The Morgan fingerprint density at radius 3 is 2.43 bits per heavy atom. The van der Waals surface area contributed by atoms with Crippen molar-refractivity contribution in [2.45, 2.75) is 33.4 Å². The molecule has 0 amide bonds. The van der Waals surface area contributed by atoms with Crippen molar-refractivity contribution in [3.8, 4) is 23.0 Å². The molecule has 0 unspecified atom stereocenters. The second kappa shape index (κ2) is 16.8. The maximum Gasteiger partial charge on any atom is 0.343 e. The van der Waals surface area contributed by atoms with Crippen LogP contribution in [0.5, 0.6) is 23.0 Å². The number of esters is 2. The third-order valence-corrected chi connectivity index (χ3v) is 9.78. The zero-order chi connectivity index (χ0) is 36.8. The summed E-state index contributed by atoms with van der Waals surface area (Å²) >= 11 is 17.0. The van der Waals surface area contributed by atoms with Gasteiger partial charge in [0.15, 0.2) is 34.4 Å². The van der Waals surface area contributed by atoms with Gasteiger partial charge < -0.3 is 28.4 Å². The minimum Gasteiger partial charge on any atom is -0.493 e. The Kier molecular flexibility index (Phi) is 12.5. The number of allylic oxidation sites excluding steroid dienone is 1. The maximum absolute atomic E-state index is 14.4. The average Bonchev–Trinajstić information content (AvgIpc) is 3.41. The number of thiazole rings is 1. The van der Waals surface area contributed by atoms with Crippen LogP contribution in [0.2, 0.25) is 10.0 Å². The molecule has 0 radical (unpaired) electrons. The van der Waals surface area contributed by atoms with Crippen LogP contribution in [0.1, 0.15) is 43.5 Å². The largest absolute Gasteiger partial charge is 0.493 e. The SMILES string of the molecule is CCOC(=O)C1=C(C)N=c2s/c(=C/c3cc(Br)cc(OC)c3OCc3ccc(Cl)c(Cl)c3)c(=O)n2[C@@H]1c1ccc(OCC(=O)OC)c(OCC)c1. The average molecular weight is 821 g/mol. The minimum atomic E-state index is -0.932. The molecule has 1 atom stereocenters. The van der Waals surface area contributed by atoms with Gasteiger partial charge in [-0.3, -0.25) is 9.36 Å². The number of fused-ring (bicyclic) bond motifs is 1. The second-order valence-corrected chi connectivity index (χ2v) is 13.6. The monoisotopic (exact) mass is 818 g/mol. The van der Waals surface area contributed by atoms with Crippen molar-refractivity contribution in [1.82, 2.24) is 4.57 Å². The van der Waals surface area contributed by atoms with E-state index in [-0.39, 0.29) is 37.8 Å². The van der Waals surface area contributed by atoms with Crippen molar-refractivity contribution in [3.63, 3.8) is 0 Å². The van der Waals surface area contributed by atoms with E-state index in [1.807, 2.05) is 0 Å². The van der Waals surface area contributed by atoms with Gasteiger partial charge in [-0.05, 0) is 74.4 Å². The molecule has 4 aromatic rings. The van der Waals surface area contributed by atoms with Crippen LogP contribution in [-0.2, 0) is 25.7 Å². The number of carbonyl (C=O) groups excluding carboxylic acids is 2. The molecule has 0 saturated heterocycles. The van der Waals surface area contributed by atoms with Crippen LogP contribution in [-0.4, -0.2) is 50.5 Å². The van der Waals surface area contributed by atoms with Gasteiger partial charge >= 0.3 is 11.9 Å². The van der Waals surface area contributed by atoms with Crippen LogP contribution in [0.3, 0.4) is 0 Å². The lowest BCUT2D eigenvalue weighted by atomic mass is 9.95. The Bertz CT molecular complexity index is 2200. The first-order valence-electron chi connectivity index (χ1n) is 15.6. The van der Waals surface area contributed by atoms with Gasteiger partial charge in [0.25, 0.3) is 5.56 Å². The summed E-state index contributed by atoms with van der Waals surface area (Å²) in [7, 11) is 2.78. The molecule has 0 N–H and O–H groups in total. The maximum atomic E-state index is 14.4. The molecule has 0 aliphatic carbocycles. The number of hydrogen-bond donors (Lipinski definition) is 0. The molecular formula is C36H33BrCl2N2O9S. The summed E-state index contributed by atoms with van der Waals surface area (Å²) in [5.74, 6) is 0.235. The van der Waals surface area contributed by atoms with Gasteiger partial charge in [-0.25, -0.2) is 14.6 Å². The van der Waals surface area contributed by atoms with Gasteiger partial charge in [-0.1, -0.05) is 62.6 Å². The first kappa shape index (κ1) is 37.9. The van der Waals surface area contributed by atoms with Crippen LogP contribution in [0.4, 0.5) is 0 Å². The number of hydrogen-bond acceptors (Lipinski definition) is 11. The Balaban J connectivity index is 1.65. The Morgan fingerprint density at radius 1 is 0.961 bits per heavy atom. The van der Waals surface area contributed by atoms with Crippen molar-refractivity contribution in [2.24, 2.45) is 4.99 Å². The highest BCUT2D eigenvalue weighted by Crippen LogP contribution is 2.38. The first-order chi connectivity index (χ1) is 24.5. The molecule has 3 aromatic carbocycles. The topological polar surface area (TPSA) is 124 Å². The summed E-state index contributed by atoms with van der Waals surface area (Å²) in [5.41, 5.74) is 2.03. The fraction of sp³-hybridized carbons (Fsp3) is 0.278. The fourth-order valence-electron chi connectivity index (χ4n) is 5.31. The van der Waals surface area contributed by atoms with Crippen LogP contribution in [0, 0.1) is 0 Å². The van der Waals surface area contributed by atoms with Crippen molar-refractivity contribution in [2.75, 3.05) is 34.0 Å². The lowest BCUT2D eigenvalue weighted by Gasteiger charge is -2.25. The van der Waals surface area contributed by atoms with E-state index in [2.05, 4.69) is 20.9 Å². The van der Waals surface area contributed by atoms with E-state index in [4.69, 9.17) is 51.6 Å². The molecule has 0 bridgehead atoms. The molecule has 268 valence electrons. The molecule has 1 aromatic heterocycles. The summed E-state index contributed by atoms with van der Waals surface area (Å²) in [6.45, 7) is 5.40. The second-order valence-electron chi connectivity index (χ2n) is 10.9. The highest BCUT2D eigenvalue weighted by atomic mass is 79.9. The first-order valence-corrected chi connectivity index (χ1v) is 18.0. The molecule has 0 saturated carbocycles. The van der Waals surface area contributed by atoms with E-state index in [0.29, 0.717) is 57.9 Å². The summed E-state index contributed by atoms with van der Waals surface area (Å²) in [4.78, 5) is 44.7. The standard InChI is InChI=1S/C36H33BrCl2N2O9S/c1-6-47-27-14-21(9-11-26(27)49-18-30(42)46-5)32-31(35(44)48-7-2)19(3)40-36-41(32)34(43)29(51-36)15-22-13-23(37)16-28(45-4)33(22)50-17-20-8-10-24(38)25(39)12-20/h8-16,32H,6-7,17-18H2,1-5H3/b29-15+/t32-/m1/s1. The minimum absolute atomic E-state index is 0.118. The molecule has 0 spiro atoms. The summed E-state index contributed by atoms with van der Waals surface area (Å²) in [6, 6.07) is 12.8. The van der Waals surface area contributed by atoms with Crippen molar-refractivity contribution in [1.29, 1.82) is 0 Å². The summed E-state index contributed by atoms with van der Waals surface area (Å²) in [5, 5.41) is 0.819. The highest BCUT2D eigenvalue weighted by Gasteiger charge is 2.34. The van der Waals surface area contributed by atoms with E-state index in [0.717, 1.165) is 16.9 Å². The van der Waals surface area contributed by atoms with Crippen LogP contribution in [0.15, 0.2) is 74.1 Å². The van der Waals surface area contributed by atoms with E-state index < -0.39 is 23.5 Å². The van der Waals surface area contributed by atoms with Gasteiger partial charge in [0.1, 0.15) is 6.61 Å². The van der Waals surface area contributed by atoms with Crippen LogP contribution < -0.4 is 33.8 Å². The van der Waals surface area contributed by atoms with E-state index >= 15 is 0 Å².